The molecule has 0 radical (unpaired) electrons. The molecule has 0 aliphatic carbocycles. The van der Waals surface area contributed by atoms with Crippen LogP contribution in [0.2, 0.25) is 0 Å². The van der Waals surface area contributed by atoms with E-state index in [1.54, 1.807) is 13.3 Å². The first-order valence-electron chi connectivity index (χ1n) is 9.15. The summed E-state index contributed by atoms with van der Waals surface area (Å²) in [5, 5.41) is 14.9. The van der Waals surface area contributed by atoms with Gasteiger partial charge >= 0.3 is 0 Å². The average Bonchev–Trinajstić information content (AvgIpc) is 2.61. The van der Waals surface area contributed by atoms with Crippen molar-refractivity contribution in [3.8, 4) is 5.75 Å². The molecule has 0 bridgehead atoms. The number of ether oxygens (including phenoxy) is 1. The van der Waals surface area contributed by atoms with Crippen LogP contribution < -0.4 is 10.1 Å². The standard InChI is InChI=1S/C20H29N3O2/c1-14-6-8-23(15(2)9-14)13-17(24)12-22-19-11-18(25-3)10-16-5-4-7-21-20(16)19/h4-5,7,10-11,14-15,17,22,24H,6,8-9,12-13H2,1-3H3. The van der Waals surface area contributed by atoms with Crippen molar-refractivity contribution in [1.82, 2.24) is 9.88 Å². The van der Waals surface area contributed by atoms with Crippen molar-refractivity contribution in [3.63, 3.8) is 0 Å². The number of aliphatic hydroxyl groups excluding tert-OH is 1. The number of aliphatic hydroxyl groups is 1. The Kier molecular flexibility index (Phi) is 5.76. The zero-order chi connectivity index (χ0) is 17.8. The molecule has 1 aliphatic heterocycles. The van der Waals surface area contributed by atoms with Gasteiger partial charge < -0.3 is 15.2 Å². The van der Waals surface area contributed by atoms with Crippen molar-refractivity contribution in [3.05, 3.63) is 30.5 Å². The lowest BCUT2D eigenvalue weighted by Gasteiger charge is -2.37. The van der Waals surface area contributed by atoms with Gasteiger partial charge in [0.05, 0.1) is 24.4 Å². The van der Waals surface area contributed by atoms with Crippen LogP contribution in [0.4, 0.5) is 5.69 Å². The number of hydrogen-bond acceptors (Lipinski definition) is 5. The first-order chi connectivity index (χ1) is 12.1. The molecule has 5 heteroatoms. The Hall–Kier alpha value is -1.85. The number of anilines is 1. The third-order valence-electron chi connectivity index (χ3n) is 5.16. The molecule has 0 spiro atoms. The molecular formula is C20H29N3O2. The highest BCUT2D eigenvalue weighted by Gasteiger charge is 2.24. The molecule has 2 N–H and O–H groups in total. The van der Waals surface area contributed by atoms with E-state index in [0.29, 0.717) is 19.1 Å². The van der Waals surface area contributed by atoms with Crippen molar-refractivity contribution >= 4 is 16.6 Å². The van der Waals surface area contributed by atoms with Crippen LogP contribution in [0.5, 0.6) is 5.75 Å². The third kappa shape index (κ3) is 4.41. The Morgan fingerprint density at radius 2 is 2.24 bits per heavy atom. The van der Waals surface area contributed by atoms with E-state index in [1.165, 1.54) is 12.8 Å². The van der Waals surface area contributed by atoms with Crippen molar-refractivity contribution in [2.45, 2.75) is 38.8 Å². The minimum Gasteiger partial charge on any atom is -0.497 e. The van der Waals surface area contributed by atoms with E-state index in [1.807, 2.05) is 24.3 Å². The molecular weight excluding hydrogens is 314 g/mol. The number of benzene rings is 1. The van der Waals surface area contributed by atoms with Crippen LogP contribution in [-0.2, 0) is 0 Å². The molecule has 1 saturated heterocycles. The number of piperidine rings is 1. The number of nitrogens with one attached hydrogen (secondary N) is 1. The molecule has 1 aromatic carbocycles. The van der Waals surface area contributed by atoms with Gasteiger partial charge in [-0.15, -0.1) is 0 Å². The monoisotopic (exact) mass is 343 g/mol. The smallest absolute Gasteiger partial charge is 0.121 e. The maximum atomic E-state index is 10.5. The number of pyridine rings is 1. The molecule has 0 saturated carbocycles. The summed E-state index contributed by atoms with van der Waals surface area (Å²) in [7, 11) is 1.66. The van der Waals surface area contributed by atoms with E-state index >= 15 is 0 Å². The normalized spacial score (nSPS) is 22.7. The lowest BCUT2D eigenvalue weighted by molar-refractivity contribution is 0.0661. The summed E-state index contributed by atoms with van der Waals surface area (Å²) in [6.07, 6.45) is 3.80. The first-order valence-corrected chi connectivity index (χ1v) is 9.15. The van der Waals surface area contributed by atoms with Crippen LogP contribution in [0, 0.1) is 5.92 Å². The number of β-amino-alcohol motifs (C(OH)–C–C–N with tert-alkyl or cyclic N) is 1. The van der Waals surface area contributed by atoms with Gasteiger partial charge in [-0.05, 0) is 44.4 Å². The summed E-state index contributed by atoms with van der Waals surface area (Å²) < 4.78 is 5.38. The van der Waals surface area contributed by atoms with Crippen molar-refractivity contribution in [2.75, 3.05) is 32.1 Å². The van der Waals surface area contributed by atoms with E-state index < -0.39 is 6.10 Å². The maximum absolute atomic E-state index is 10.5. The van der Waals surface area contributed by atoms with E-state index in [-0.39, 0.29) is 0 Å². The van der Waals surface area contributed by atoms with Crippen LogP contribution >= 0.6 is 0 Å². The molecule has 136 valence electrons. The van der Waals surface area contributed by atoms with Gasteiger partial charge in [0, 0.05) is 36.8 Å². The number of fused-ring (bicyclic) bond motifs is 1. The van der Waals surface area contributed by atoms with E-state index in [2.05, 4.69) is 29.0 Å². The molecule has 1 fully saturated rings. The van der Waals surface area contributed by atoms with Crippen LogP contribution in [-0.4, -0.2) is 53.9 Å². The van der Waals surface area contributed by atoms with Gasteiger partial charge in [-0.3, -0.25) is 9.88 Å². The van der Waals surface area contributed by atoms with Crippen molar-refractivity contribution < 1.29 is 9.84 Å². The zero-order valence-electron chi connectivity index (χ0n) is 15.4. The SMILES string of the molecule is COc1cc(NCC(O)CN2CCC(C)CC2C)c2ncccc2c1. The number of aromatic nitrogens is 1. The van der Waals surface area contributed by atoms with Crippen molar-refractivity contribution in [1.29, 1.82) is 0 Å². The molecule has 5 nitrogen and oxygen atoms in total. The topological polar surface area (TPSA) is 57.6 Å². The molecule has 1 aromatic heterocycles. The number of methoxy groups -OCH3 is 1. The second-order valence-corrected chi connectivity index (χ2v) is 7.26. The summed E-state index contributed by atoms with van der Waals surface area (Å²) in [6, 6.07) is 8.38. The molecule has 3 atom stereocenters. The van der Waals surface area contributed by atoms with Crippen LogP contribution in [0.15, 0.2) is 30.5 Å². The van der Waals surface area contributed by atoms with Crippen LogP contribution in [0.1, 0.15) is 26.7 Å². The van der Waals surface area contributed by atoms with Gasteiger partial charge in [-0.25, -0.2) is 0 Å². The Morgan fingerprint density at radius 3 is 3.00 bits per heavy atom. The molecule has 2 heterocycles. The van der Waals surface area contributed by atoms with Crippen LogP contribution in [0.25, 0.3) is 10.9 Å². The zero-order valence-corrected chi connectivity index (χ0v) is 15.4. The number of rotatable bonds is 6. The average molecular weight is 343 g/mol. The fraction of sp³-hybridized carbons (Fsp3) is 0.550. The quantitative estimate of drug-likeness (QED) is 0.844. The highest BCUT2D eigenvalue weighted by Crippen LogP contribution is 2.28. The summed E-state index contributed by atoms with van der Waals surface area (Å²) in [4.78, 5) is 6.86. The van der Waals surface area contributed by atoms with Gasteiger partial charge in [0.15, 0.2) is 0 Å². The highest BCUT2D eigenvalue weighted by molar-refractivity contribution is 5.91. The summed E-state index contributed by atoms with van der Waals surface area (Å²) in [5.74, 6) is 1.58. The van der Waals surface area contributed by atoms with E-state index in [4.69, 9.17) is 4.74 Å². The lowest BCUT2D eigenvalue weighted by atomic mass is 9.93. The van der Waals surface area contributed by atoms with Gasteiger partial charge in [-0.1, -0.05) is 13.0 Å². The number of hydrogen-bond donors (Lipinski definition) is 2. The summed E-state index contributed by atoms with van der Waals surface area (Å²) in [6.45, 7) is 6.85. The number of nitrogens with zero attached hydrogens (tertiary/aromatic N) is 2. The van der Waals surface area contributed by atoms with Crippen LogP contribution in [0.3, 0.4) is 0 Å². The molecule has 2 aromatic rings. The Morgan fingerprint density at radius 1 is 1.40 bits per heavy atom. The fourth-order valence-electron chi connectivity index (χ4n) is 3.71. The minimum atomic E-state index is -0.416. The molecule has 3 rings (SSSR count). The molecule has 25 heavy (non-hydrogen) atoms. The molecule has 0 amide bonds. The fourth-order valence-corrected chi connectivity index (χ4v) is 3.71. The highest BCUT2D eigenvalue weighted by atomic mass is 16.5. The minimum absolute atomic E-state index is 0.416. The molecule has 1 aliphatic rings. The van der Waals surface area contributed by atoms with Gasteiger partial charge in [-0.2, -0.15) is 0 Å². The van der Waals surface area contributed by atoms with Gasteiger partial charge in [0.2, 0.25) is 0 Å². The molecule has 3 unspecified atom stereocenters. The van der Waals surface area contributed by atoms with E-state index in [9.17, 15) is 5.11 Å². The third-order valence-corrected chi connectivity index (χ3v) is 5.16. The largest absolute Gasteiger partial charge is 0.497 e. The van der Waals surface area contributed by atoms with E-state index in [0.717, 1.165) is 34.8 Å². The second kappa shape index (κ2) is 8.02. The maximum Gasteiger partial charge on any atom is 0.121 e. The summed E-state index contributed by atoms with van der Waals surface area (Å²) in [5.41, 5.74) is 1.80. The predicted octanol–water partition coefficient (Wildman–Crippen LogP) is 3.14. The Bertz CT molecular complexity index is 706. The summed E-state index contributed by atoms with van der Waals surface area (Å²) >= 11 is 0. The van der Waals surface area contributed by atoms with Gasteiger partial charge in [0.1, 0.15) is 5.75 Å². The first kappa shape index (κ1) is 18.0. The predicted molar refractivity (Wildman–Crippen MR) is 102 cm³/mol. The van der Waals surface area contributed by atoms with Gasteiger partial charge in [0.25, 0.3) is 0 Å². The Balaban J connectivity index is 1.64. The van der Waals surface area contributed by atoms with Crippen molar-refractivity contribution in [2.24, 2.45) is 5.92 Å². The second-order valence-electron chi connectivity index (χ2n) is 7.26. The Labute approximate surface area is 150 Å². The lowest BCUT2D eigenvalue weighted by Crippen LogP contribution is -2.45. The number of likely N-dealkylation sites (tertiary alicyclic amines) is 1.